The zero-order chi connectivity index (χ0) is 23.2. The van der Waals surface area contributed by atoms with Crippen LogP contribution in [0.15, 0.2) is 24.3 Å². The number of hydrogen-bond acceptors (Lipinski definition) is 3. The highest BCUT2D eigenvalue weighted by Gasteiger charge is 2.36. The molecule has 0 aliphatic carbocycles. The molecule has 6 heteroatoms. The maximum Gasteiger partial charge on any atom is 0.251 e. The van der Waals surface area contributed by atoms with E-state index in [1.54, 1.807) is 17.0 Å². The Kier molecular flexibility index (Phi) is 8.66. The van der Waals surface area contributed by atoms with Crippen LogP contribution in [0.25, 0.3) is 0 Å². The van der Waals surface area contributed by atoms with Gasteiger partial charge in [0.2, 0.25) is 11.8 Å². The summed E-state index contributed by atoms with van der Waals surface area (Å²) in [5.74, 6) is -0.0795. The summed E-state index contributed by atoms with van der Waals surface area (Å²) >= 11 is 0. The third-order valence-corrected chi connectivity index (χ3v) is 5.99. The molecule has 1 fully saturated rings. The average molecular weight is 430 g/mol. The third kappa shape index (κ3) is 7.08. The van der Waals surface area contributed by atoms with Crippen molar-refractivity contribution in [1.82, 2.24) is 15.1 Å². The first-order valence-electron chi connectivity index (χ1n) is 11.5. The predicted octanol–water partition coefficient (Wildman–Crippen LogP) is 3.64. The molecule has 1 N–H and O–H groups in total. The fourth-order valence-corrected chi connectivity index (χ4v) is 4.09. The number of carbonyl (C=O) groups is 3. The van der Waals surface area contributed by atoms with E-state index in [-0.39, 0.29) is 29.1 Å². The molecular formula is C25H39N3O3. The smallest absolute Gasteiger partial charge is 0.251 e. The van der Waals surface area contributed by atoms with Crippen molar-refractivity contribution in [2.24, 2.45) is 11.3 Å². The molecule has 1 aromatic rings. The van der Waals surface area contributed by atoms with Gasteiger partial charge in [-0.15, -0.1) is 0 Å². The van der Waals surface area contributed by atoms with E-state index in [0.717, 1.165) is 5.56 Å². The average Bonchev–Trinajstić information content (AvgIpc) is 2.72. The van der Waals surface area contributed by atoms with Crippen molar-refractivity contribution in [3.05, 3.63) is 35.4 Å². The van der Waals surface area contributed by atoms with Crippen LogP contribution in [0, 0.1) is 18.3 Å². The zero-order valence-electron chi connectivity index (χ0n) is 20.0. The Hall–Kier alpha value is -2.37. The number of benzene rings is 1. The molecule has 0 bridgehead atoms. The Labute approximate surface area is 187 Å². The van der Waals surface area contributed by atoms with E-state index in [9.17, 15) is 14.4 Å². The fourth-order valence-electron chi connectivity index (χ4n) is 4.09. The molecule has 1 atom stereocenters. The molecule has 172 valence electrons. The molecule has 1 aliphatic rings. The number of amides is 3. The van der Waals surface area contributed by atoms with E-state index in [1.165, 1.54) is 0 Å². The van der Waals surface area contributed by atoms with Crippen molar-refractivity contribution in [3.63, 3.8) is 0 Å². The predicted molar refractivity (Wildman–Crippen MR) is 124 cm³/mol. The highest BCUT2D eigenvalue weighted by atomic mass is 16.2. The number of likely N-dealkylation sites (N-methyl/N-ethyl adjacent to an activating group) is 1. The topological polar surface area (TPSA) is 69.7 Å². The minimum Gasteiger partial charge on any atom is -0.343 e. The molecule has 1 aromatic carbocycles. The zero-order valence-corrected chi connectivity index (χ0v) is 20.0. The molecule has 0 aromatic heterocycles. The number of aryl methyl sites for hydroxylation is 1. The van der Waals surface area contributed by atoms with Crippen LogP contribution in [0.3, 0.4) is 0 Å². The van der Waals surface area contributed by atoms with Crippen LogP contribution in [0.4, 0.5) is 0 Å². The minimum absolute atomic E-state index is 0.0150. The standard InChI is InChI=1S/C25H39N3O3/c1-7-27(8-2)24(31)22(26-23(30)20-11-9-18(3)10-12-20)19-13-15-28(16-14-19)21(29)17-25(4,5)6/h9-12,19,22H,7-8,13-17H2,1-6H3,(H,26,30)/t22-/m1/s1. The largest absolute Gasteiger partial charge is 0.343 e. The van der Waals surface area contributed by atoms with Gasteiger partial charge in [-0.25, -0.2) is 0 Å². The molecule has 0 saturated carbocycles. The number of carbonyl (C=O) groups excluding carboxylic acids is 3. The monoisotopic (exact) mass is 429 g/mol. The van der Waals surface area contributed by atoms with E-state index in [1.807, 2.05) is 37.8 Å². The lowest BCUT2D eigenvalue weighted by Crippen LogP contribution is -2.54. The van der Waals surface area contributed by atoms with Gasteiger partial charge in [0.1, 0.15) is 6.04 Å². The second-order valence-electron chi connectivity index (χ2n) is 9.78. The van der Waals surface area contributed by atoms with E-state index < -0.39 is 6.04 Å². The second kappa shape index (κ2) is 10.8. The van der Waals surface area contributed by atoms with Crippen molar-refractivity contribution in [2.75, 3.05) is 26.2 Å². The fraction of sp³-hybridized carbons (Fsp3) is 0.640. The van der Waals surface area contributed by atoms with Crippen molar-refractivity contribution in [3.8, 4) is 0 Å². The van der Waals surface area contributed by atoms with Gasteiger partial charge < -0.3 is 15.1 Å². The summed E-state index contributed by atoms with van der Waals surface area (Å²) in [5, 5.41) is 3.02. The van der Waals surface area contributed by atoms with Gasteiger partial charge in [-0.05, 0) is 57.1 Å². The summed E-state index contributed by atoms with van der Waals surface area (Å²) in [7, 11) is 0. The van der Waals surface area contributed by atoms with E-state index in [0.29, 0.717) is 51.0 Å². The third-order valence-electron chi connectivity index (χ3n) is 5.99. The van der Waals surface area contributed by atoms with Crippen molar-refractivity contribution in [2.45, 2.75) is 66.8 Å². The highest BCUT2D eigenvalue weighted by molar-refractivity contribution is 5.97. The summed E-state index contributed by atoms with van der Waals surface area (Å²) in [6, 6.07) is 6.80. The van der Waals surface area contributed by atoms with Crippen LogP contribution in [0.1, 0.15) is 69.8 Å². The first kappa shape index (κ1) is 24.9. The summed E-state index contributed by atoms with van der Waals surface area (Å²) in [5.41, 5.74) is 1.59. The summed E-state index contributed by atoms with van der Waals surface area (Å²) in [4.78, 5) is 42.4. The van der Waals surface area contributed by atoms with Crippen LogP contribution in [0.2, 0.25) is 0 Å². The van der Waals surface area contributed by atoms with Gasteiger partial charge in [0.25, 0.3) is 5.91 Å². The highest BCUT2D eigenvalue weighted by Crippen LogP contribution is 2.26. The Bertz CT molecular complexity index is 755. The quantitative estimate of drug-likeness (QED) is 0.719. The number of rotatable bonds is 7. The lowest BCUT2D eigenvalue weighted by molar-refractivity contribution is -0.136. The summed E-state index contributed by atoms with van der Waals surface area (Å²) in [6.07, 6.45) is 1.94. The summed E-state index contributed by atoms with van der Waals surface area (Å²) < 4.78 is 0. The number of nitrogens with zero attached hydrogens (tertiary/aromatic N) is 2. The van der Waals surface area contributed by atoms with Crippen LogP contribution < -0.4 is 5.32 Å². The first-order chi connectivity index (χ1) is 14.6. The van der Waals surface area contributed by atoms with Gasteiger partial charge in [-0.1, -0.05) is 38.5 Å². The summed E-state index contributed by atoms with van der Waals surface area (Å²) in [6.45, 7) is 14.5. The maximum absolute atomic E-state index is 13.3. The molecule has 0 spiro atoms. The molecule has 0 unspecified atom stereocenters. The number of likely N-dealkylation sites (tertiary alicyclic amines) is 1. The molecule has 31 heavy (non-hydrogen) atoms. The molecule has 1 aliphatic heterocycles. The molecule has 1 saturated heterocycles. The van der Waals surface area contributed by atoms with Crippen molar-refractivity contribution < 1.29 is 14.4 Å². The van der Waals surface area contributed by atoms with Gasteiger partial charge in [0.15, 0.2) is 0 Å². The minimum atomic E-state index is -0.575. The molecule has 3 amide bonds. The molecule has 2 rings (SSSR count). The number of hydrogen-bond donors (Lipinski definition) is 1. The van der Waals surface area contributed by atoms with Crippen LogP contribution in [-0.2, 0) is 9.59 Å². The van der Waals surface area contributed by atoms with E-state index in [4.69, 9.17) is 0 Å². The lowest BCUT2D eigenvalue weighted by Gasteiger charge is -2.38. The van der Waals surface area contributed by atoms with E-state index in [2.05, 4.69) is 26.1 Å². The van der Waals surface area contributed by atoms with Crippen molar-refractivity contribution >= 4 is 17.7 Å². The first-order valence-corrected chi connectivity index (χ1v) is 11.5. The molecule has 6 nitrogen and oxygen atoms in total. The molecular weight excluding hydrogens is 390 g/mol. The van der Waals surface area contributed by atoms with Gasteiger partial charge in [0, 0.05) is 38.2 Å². The van der Waals surface area contributed by atoms with Crippen LogP contribution in [0.5, 0.6) is 0 Å². The van der Waals surface area contributed by atoms with Gasteiger partial charge in [-0.3, -0.25) is 14.4 Å². The van der Waals surface area contributed by atoms with Crippen LogP contribution >= 0.6 is 0 Å². The molecule has 0 radical (unpaired) electrons. The Morgan fingerprint density at radius 2 is 1.61 bits per heavy atom. The Morgan fingerprint density at radius 3 is 2.10 bits per heavy atom. The Morgan fingerprint density at radius 1 is 1.06 bits per heavy atom. The lowest BCUT2D eigenvalue weighted by atomic mass is 9.86. The SMILES string of the molecule is CCN(CC)C(=O)[C@H](NC(=O)c1ccc(C)cc1)C1CCN(C(=O)CC(C)(C)C)CC1. The molecule has 1 heterocycles. The Balaban J connectivity index is 2.12. The van der Waals surface area contributed by atoms with Crippen molar-refractivity contribution in [1.29, 1.82) is 0 Å². The normalized spacial score (nSPS) is 16.0. The maximum atomic E-state index is 13.3. The van der Waals surface area contributed by atoms with Gasteiger partial charge in [-0.2, -0.15) is 0 Å². The number of nitrogens with one attached hydrogen (secondary N) is 1. The number of piperidine rings is 1. The van der Waals surface area contributed by atoms with Gasteiger partial charge >= 0.3 is 0 Å². The van der Waals surface area contributed by atoms with E-state index >= 15 is 0 Å². The van der Waals surface area contributed by atoms with Gasteiger partial charge in [0.05, 0.1) is 0 Å². The second-order valence-corrected chi connectivity index (χ2v) is 9.78. The van der Waals surface area contributed by atoms with Crippen LogP contribution in [-0.4, -0.2) is 59.7 Å².